The number of carbonyl (C=O) groups excluding carboxylic acids is 1. The minimum absolute atomic E-state index is 0.0323. The zero-order valence-electron chi connectivity index (χ0n) is 13.6. The Labute approximate surface area is 137 Å². The van der Waals surface area contributed by atoms with Gasteiger partial charge in [-0.2, -0.15) is 0 Å². The average Bonchev–Trinajstić information content (AvgIpc) is 3.31. The minimum Gasteiger partial charge on any atom is -0.375 e. The number of pyridine rings is 1. The number of morpholine rings is 1. The summed E-state index contributed by atoms with van der Waals surface area (Å²) in [5.41, 5.74) is 1.59. The number of rotatable bonds is 4. The number of fused-ring (bicyclic) bond motifs is 1. The summed E-state index contributed by atoms with van der Waals surface area (Å²) in [5.74, 6) is 0.827. The Morgan fingerprint density at radius 3 is 2.96 bits per heavy atom. The number of carbonyl (C=O) groups is 1. The normalized spacial score (nSPS) is 30.3. The molecule has 3 atom stereocenters. The monoisotopic (exact) mass is 316 g/mol. The molecular weight excluding hydrogens is 292 g/mol. The maximum absolute atomic E-state index is 12.8. The SMILES string of the molecule is Cc1ccc(C(=O)N2CCO[C@H]3[C@@H](OCC4CC4)CC[C@@H]32)cn1. The fourth-order valence-corrected chi connectivity index (χ4v) is 3.65. The standard InChI is InChI=1S/C18H24N2O3/c1-12-2-5-14(10-19-12)18(21)20-8-9-22-17-15(20)6-7-16(17)23-11-13-3-4-13/h2,5,10,13,15-17H,3-4,6-9,11H2,1H3/t15-,16-,17+/m0/s1. The molecule has 5 nitrogen and oxygen atoms in total. The summed E-state index contributed by atoms with van der Waals surface area (Å²) in [6.45, 7) is 4.03. The molecule has 1 amide bonds. The molecule has 0 aromatic carbocycles. The fourth-order valence-electron chi connectivity index (χ4n) is 3.65. The lowest BCUT2D eigenvalue weighted by Crippen LogP contribution is -2.54. The molecule has 0 N–H and O–H groups in total. The van der Waals surface area contributed by atoms with Crippen LogP contribution in [0.15, 0.2) is 18.3 Å². The number of aryl methyl sites for hydroxylation is 1. The topological polar surface area (TPSA) is 51.7 Å². The lowest BCUT2D eigenvalue weighted by Gasteiger charge is -2.39. The molecule has 0 unspecified atom stereocenters. The van der Waals surface area contributed by atoms with Crippen LogP contribution < -0.4 is 0 Å². The van der Waals surface area contributed by atoms with E-state index in [0.717, 1.165) is 31.1 Å². The van der Waals surface area contributed by atoms with Gasteiger partial charge in [-0.25, -0.2) is 0 Å². The van der Waals surface area contributed by atoms with Crippen LogP contribution in [0.1, 0.15) is 41.7 Å². The van der Waals surface area contributed by atoms with Gasteiger partial charge in [-0.05, 0) is 50.7 Å². The van der Waals surface area contributed by atoms with Gasteiger partial charge in [0, 0.05) is 25.0 Å². The highest BCUT2D eigenvalue weighted by atomic mass is 16.5. The lowest BCUT2D eigenvalue weighted by atomic mass is 10.1. The quantitative estimate of drug-likeness (QED) is 0.854. The van der Waals surface area contributed by atoms with Gasteiger partial charge in [0.25, 0.3) is 5.91 Å². The van der Waals surface area contributed by atoms with Crippen molar-refractivity contribution < 1.29 is 14.3 Å². The third kappa shape index (κ3) is 3.12. The van der Waals surface area contributed by atoms with Gasteiger partial charge in [-0.15, -0.1) is 0 Å². The first-order valence-electron chi connectivity index (χ1n) is 8.69. The van der Waals surface area contributed by atoms with Crippen LogP contribution in [-0.2, 0) is 9.47 Å². The number of nitrogens with zero attached hydrogens (tertiary/aromatic N) is 2. The van der Waals surface area contributed by atoms with E-state index in [9.17, 15) is 4.79 Å². The van der Waals surface area contributed by atoms with Crippen molar-refractivity contribution >= 4 is 5.91 Å². The molecule has 0 radical (unpaired) electrons. The van der Waals surface area contributed by atoms with Gasteiger partial charge in [0.15, 0.2) is 0 Å². The highest BCUT2D eigenvalue weighted by Gasteiger charge is 2.45. The number of hydrogen-bond acceptors (Lipinski definition) is 4. The predicted molar refractivity (Wildman–Crippen MR) is 85.2 cm³/mol. The van der Waals surface area contributed by atoms with Gasteiger partial charge in [-0.1, -0.05) is 0 Å². The van der Waals surface area contributed by atoms with Crippen LogP contribution in [0.5, 0.6) is 0 Å². The van der Waals surface area contributed by atoms with Crippen LogP contribution in [0.25, 0.3) is 0 Å². The molecule has 5 heteroatoms. The van der Waals surface area contributed by atoms with Gasteiger partial charge in [-0.3, -0.25) is 9.78 Å². The second-order valence-electron chi connectivity index (χ2n) is 6.98. The molecule has 1 aromatic rings. The number of amides is 1. The van der Waals surface area contributed by atoms with Crippen molar-refractivity contribution in [1.29, 1.82) is 0 Å². The summed E-state index contributed by atoms with van der Waals surface area (Å²) < 4.78 is 12.0. The molecule has 1 aromatic heterocycles. The van der Waals surface area contributed by atoms with Crippen molar-refractivity contribution in [2.24, 2.45) is 5.92 Å². The van der Waals surface area contributed by atoms with E-state index < -0.39 is 0 Å². The van der Waals surface area contributed by atoms with Gasteiger partial charge < -0.3 is 14.4 Å². The fraction of sp³-hybridized carbons (Fsp3) is 0.667. The molecule has 3 aliphatic rings. The van der Waals surface area contributed by atoms with E-state index in [4.69, 9.17) is 9.47 Å². The molecular formula is C18H24N2O3. The molecule has 23 heavy (non-hydrogen) atoms. The second-order valence-corrected chi connectivity index (χ2v) is 6.98. The summed E-state index contributed by atoms with van der Waals surface area (Å²) in [7, 11) is 0. The summed E-state index contributed by atoms with van der Waals surface area (Å²) >= 11 is 0. The lowest BCUT2D eigenvalue weighted by molar-refractivity contribution is -0.106. The highest BCUT2D eigenvalue weighted by Crippen LogP contribution is 2.35. The molecule has 124 valence electrons. The maximum Gasteiger partial charge on any atom is 0.255 e. The van der Waals surface area contributed by atoms with Crippen molar-refractivity contribution in [3.63, 3.8) is 0 Å². The van der Waals surface area contributed by atoms with E-state index in [1.807, 2.05) is 24.0 Å². The van der Waals surface area contributed by atoms with Crippen LogP contribution in [0.3, 0.4) is 0 Å². The summed E-state index contributed by atoms with van der Waals surface area (Å²) in [4.78, 5) is 19.0. The zero-order chi connectivity index (χ0) is 15.8. The molecule has 2 aliphatic carbocycles. The first-order valence-corrected chi connectivity index (χ1v) is 8.69. The molecule has 1 aliphatic heterocycles. The third-order valence-electron chi connectivity index (χ3n) is 5.20. The van der Waals surface area contributed by atoms with E-state index in [0.29, 0.717) is 18.7 Å². The molecule has 0 bridgehead atoms. The van der Waals surface area contributed by atoms with E-state index >= 15 is 0 Å². The van der Waals surface area contributed by atoms with Crippen molar-refractivity contribution in [3.05, 3.63) is 29.6 Å². The molecule has 4 rings (SSSR count). The third-order valence-corrected chi connectivity index (χ3v) is 5.20. The Kier molecular flexibility index (Phi) is 4.07. The molecule has 1 saturated heterocycles. The molecule has 2 saturated carbocycles. The second kappa shape index (κ2) is 6.21. The number of hydrogen-bond donors (Lipinski definition) is 0. The van der Waals surface area contributed by atoms with Crippen LogP contribution >= 0.6 is 0 Å². The maximum atomic E-state index is 12.8. The van der Waals surface area contributed by atoms with Gasteiger partial charge in [0.2, 0.25) is 0 Å². The summed E-state index contributed by atoms with van der Waals surface area (Å²) in [6.07, 6.45) is 6.40. The Balaban J connectivity index is 1.44. The van der Waals surface area contributed by atoms with Crippen LogP contribution in [0, 0.1) is 12.8 Å². The number of ether oxygens (including phenoxy) is 2. The smallest absolute Gasteiger partial charge is 0.255 e. The first kappa shape index (κ1) is 15.1. The van der Waals surface area contributed by atoms with E-state index in [1.54, 1.807) is 6.20 Å². The van der Waals surface area contributed by atoms with Gasteiger partial charge in [0.1, 0.15) is 6.10 Å². The minimum atomic E-state index is 0.0323. The van der Waals surface area contributed by atoms with Gasteiger partial charge in [0.05, 0.1) is 24.3 Å². The Morgan fingerprint density at radius 2 is 2.22 bits per heavy atom. The van der Waals surface area contributed by atoms with Crippen molar-refractivity contribution in [2.75, 3.05) is 19.8 Å². The van der Waals surface area contributed by atoms with Gasteiger partial charge >= 0.3 is 0 Å². The molecule has 3 fully saturated rings. The van der Waals surface area contributed by atoms with Crippen LogP contribution in [0.2, 0.25) is 0 Å². The zero-order valence-corrected chi connectivity index (χ0v) is 13.6. The first-order chi connectivity index (χ1) is 11.2. The summed E-state index contributed by atoms with van der Waals surface area (Å²) in [6, 6.07) is 3.90. The Bertz CT molecular complexity index is 570. The predicted octanol–water partition coefficient (Wildman–Crippen LogP) is 2.19. The Hall–Kier alpha value is -1.46. The molecule has 2 heterocycles. The van der Waals surface area contributed by atoms with Crippen molar-refractivity contribution in [1.82, 2.24) is 9.88 Å². The number of aromatic nitrogens is 1. The molecule has 0 spiro atoms. The summed E-state index contributed by atoms with van der Waals surface area (Å²) in [5, 5.41) is 0. The van der Waals surface area contributed by atoms with Crippen molar-refractivity contribution in [2.45, 2.75) is 50.9 Å². The van der Waals surface area contributed by atoms with Crippen LogP contribution in [-0.4, -0.2) is 53.8 Å². The van der Waals surface area contributed by atoms with E-state index in [-0.39, 0.29) is 24.2 Å². The Morgan fingerprint density at radius 1 is 1.35 bits per heavy atom. The highest BCUT2D eigenvalue weighted by molar-refractivity contribution is 5.94. The van der Waals surface area contributed by atoms with E-state index in [2.05, 4.69) is 4.98 Å². The van der Waals surface area contributed by atoms with E-state index in [1.165, 1.54) is 12.8 Å². The van der Waals surface area contributed by atoms with Crippen molar-refractivity contribution in [3.8, 4) is 0 Å². The largest absolute Gasteiger partial charge is 0.375 e. The van der Waals surface area contributed by atoms with Crippen LogP contribution in [0.4, 0.5) is 0 Å². The average molecular weight is 316 g/mol.